The van der Waals surface area contributed by atoms with Crippen LogP contribution in [0, 0.1) is 0 Å². The maximum atomic E-state index is 10.7. The van der Waals surface area contributed by atoms with Crippen LogP contribution in [0.1, 0.15) is 58.2 Å². The second-order valence-electron chi connectivity index (χ2n) is 7.69. The number of hydrogen-bond acceptors (Lipinski definition) is 5. The molecule has 1 aromatic carbocycles. The minimum Gasteiger partial charge on any atom is -0.507 e. The lowest BCUT2D eigenvalue weighted by Gasteiger charge is -2.28. The van der Waals surface area contributed by atoms with Gasteiger partial charge in [0, 0.05) is 16.9 Å². The first-order chi connectivity index (χ1) is 10.00. The van der Waals surface area contributed by atoms with Crippen LogP contribution < -0.4 is 5.73 Å². The van der Waals surface area contributed by atoms with Gasteiger partial charge in [-0.15, -0.1) is 5.10 Å². The molecular weight excluding hydrogens is 294 g/mol. The summed E-state index contributed by atoms with van der Waals surface area (Å²) >= 11 is 1.49. The van der Waals surface area contributed by atoms with E-state index in [1.165, 1.54) is 11.8 Å². The van der Waals surface area contributed by atoms with Crippen LogP contribution in [-0.4, -0.2) is 21.7 Å². The number of phenolic OH excluding ortho intramolecular Hbond substituents is 1. The first-order valence-corrected chi connectivity index (χ1v) is 8.40. The number of rotatable bonds is 1. The van der Waals surface area contributed by atoms with E-state index in [2.05, 4.69) is 51.7 Å². The Kier molecular flexibility index (Phi) is 4.30. The van der Waals surface area contributed by atoms with Crippen molar-refractivity contribution < 1.29 is 5.11 Å². The molecule has 5 heteroatoms. The average Bonchev–Trinajstić information content (AvgIpc) is 2.37. The van der Waals surface area contributed by atoms with E-state index < -0.39 is 0 Å². The molecule has 4 nitrogen and oxygen atoms in total. The van der Waals surface area contributed by atoms with Gasteiger partial charge in [-0.05, 0) is 28.5 Å². The Balaban J connectivity index is 2.66. The predicted molar refractivity (Wildman–Crippen MR) is 96.1 cm³/mol. The Morgan fingerprint density at radius 1 is 1.00 bits per heavy atom. The Labute approximate surface area is 136 Å². The first-order valence-electron chi connectivity index (χ1n) is 7.41. The van der Waals surface area contributed by atoms with Gasteiger partial charge in [0.25, 0.3) is 0 Å². The van der Waals surface area contributed by atoms with E-state index in [4.69, 9.17) is 5.73 Å². The molecular formula is C17H25N3OS. The Hall–Kier alpha value is -1.49. The minimum absolute atomic E-state index is 0.148. The summed E-state index contributed by atoms with van der Waals surface area (Å²) in [6.07, 6.45) is 0. The zero-order chi connectivity index (χ0) is 16.7. The topological polar surface area (TPSA) is 71.0 Å². The zero-order valence-electron chi connectivity index (χ0n) is 14.2. The molecule has 3 N–H and O–H groups in total. The highest BCUT2D eigenvalue weighted by Crippen LogP contribution is 2.40. The number of nitrogens with two attached hydrogens (primary N) is 1. The van der Waals surface area contributed by atoms with Gasteiger partial charge in [-0.2, -0.15) is 5.10 Å². The van der Waals surface area contributed by atoms with Gasteiger partial charge < -0.3 is 10.8 Å². The van der Waals surface area contributed by atoms with Crippen molar-refractivity contribution in [3.8, 4) is 5.75 Å². The molecule has 1 heterocycles. The number of hydrogen-bond donors (Lipinski definition) is 2. The number of phenols is 1. The second-order valence-corrected chi connectivity index (χ2v) is 8.69. The molecule has 1 aliphatic rings. The summed E-state index contributed by atoms with van der Waals surface area (Å²) in [5.41, 5.74) is 9.15. The third-order valence-electron chi connectivity index (χ3n) is 3.69. The number of amidine groups is 1. The summed E-state index contributed by atoms with van der Waals surface area (Å²) in [4.78, 5) is 0. The van der Waals surface area contributed by atoms with Crippen molar-refractivity contribution in [1.82, 2.24) is 0 Å². The monoisotopic (exact) mass is 319 g/mol. The lowest BCUT2D eigenvalue weighted by atomic mass is 9.78. The summed E-state index contributed by atoms with van der Waals surface area (Å²) < 4.78 is 0. The van der Waals surface area contributed by atoms with E-state index in [0.717, 1.165) is 22.4 Å². The highest BCUT2D eigenvalue weighted by Gasteiger charge is 2.27. The van der Waals surface area contributed by atoms with Crippen LogP contribution >= 0.6 is 11.8 Å². The van der Waals surface area contributed by atoms with Gasteiger partial charge >= 0.3 is 0 Å². The number of thioether (sulfide) groups is 1. The van der Waals surface area contributed by atoms with Gasteiger partial charge in [0.05, 0.1) is 5.71 Å². The summed E-state index contributed by atoms with van der Waals surface area (Å²) in [5.74, 6) is 1.09. The van der Waals surface area contributed by atoms with E-state index in [9.17, 15) is 5.11 Å². The maximum Gasteiger partial charge on any atom is 0.180 e. The SMILES string of the molecule is CC(C)(C)c1cc(C2=NN=C(N)SC2)cc(C(C)(C)C)c1O. The van der Waals surface area contributed by atoms with E-state index >= 15 is 0 Å². The van der Waals surface area contributed by atoms with Crippen LogP contribution in [0.3, 0.4) is 0 Å². The molecule has 0 saturated carbocycles. The van der Waals surface area contributed by atoms with Gasteiger partial charge in [0.2, 0.25) is 0 Å². The van der Waals surface area contributed by atoms with Gasteiger partial charge in [-0.1, -0.05) is 53.3 Å². The molecule has 1 aromatic rings. The van der Waals surface area contributed by atoms with Crippen LogP contribution in [0.25, 0.3) is 0 Å². The van der Waals surface area contributed by atoms with Crippen LogP contribution in [0.2, 0.25) is 0 Å². The predicted octanol–water partition coefficient (Wildman–Crippen LogP) is 3.75. The summed E-state index contributed by atoms with van der Waals surface area (Å²) in [7, 11) is 0. The van der Waals surface area contributed by atoms with Crippen molar-refractivity contribution in [3.05, 3.63) is 28.8 Å². The van der Waals surface area contributed by atoms with E-state index in [1.54, 1.807) is 0 Å². The standard InChI is InChI=1S/C17H25N3OS/c1-16(2,3)11-7-10(13-9-22-15(18)20-19-13)8-12(14(11)21)17(4,5)6/h7-8,21H,9H2,1-6H3,(H2,18,20). The largest absolute Gasteiger partial charge is 0.507 e. The highest BCUT2D eigenvalue weighted by molar-refractivity contribution is 8.14. The van der Waals surface area contributed by atoms with E-state index in [0.29, 0.717) is 16.7 Å². The van der Waals surface area contributed by atoms with Gasteiger partial charge in [0.15, 0.2) is 5.17 Å². The zero-order valence-corrected chi connectivity index (χ0v) is 15.0. The van der Waals surface area contributed by atoms with Crippen LogP contribution in [0.4, 0.5) is 0 Å². The Morgan fingerprint density at radius 2 is 1.50 bits per heavy atom. The normalized spacial score (nSPS) is 16.3. The van der Waals surface area contributed by atoms with Crippen molar-refractivity contribution >= 4 is 22.6 Å². The quantitative estimate of drug-likeness (QED) is 0.828. The van der Waals surface area contributed by atoms with Crippen LogP contribution in [0.5, 0.6) is 5.75 Å². The third kappa shape index (κ3) is 3.46. The average molecular weight is 319 g/mol. The molecule has 0 bridgehead atoms. The molecule has 0 spiro atoms. The van der Waals surface area contributed by atoms with E-state index in [-0.39, 0.29) is 10.8 Å². The fourth-order valence-electron chi connectivity index (χ4n) is 2.40. The molecule has 0 saturated heterocycles. The van der Waals surface area contributed by atoms with Crippen molar-refractivity contribution in [3.63, 3.8) is 0 Å². The van der Waals surface area contributed by atoms with Gasteiger partial charge in [0.1, 0.15) is 5.75 Å². The molecule has 0 amide bonds. The molecule has 0 aromatic heterocycles. The van der Waals surface area contributed by atoms with Crippen LogP contribution in [-0.2, 0) is 10.8 Å². The third-order valence-corrected chi connectivity index (χ3v) is 4.48. The minimum atomic E-state index is -0.148. The van der Waals surface area contributed by atoms with E-state index in [1.807, 2.05) is 12.1 Å². The summed E-state index contributed by atoms with van der Waals surface area (Å²) in [5, 5.41) is 19.4. The van der Waals surface area contributed by atoms with Crippen LogP contribution in [0.15, 0.2) is 22.3 Å². The highest BCUT2D eigenvalue weighted by atomic mass is 32.2. The molecule has 0 fully saturated rings. The Morgan fingerprint density at radius 3 is 1.86 bits per heavy atom. The second kappa shape index (κ2) is 5.61. The smallest absolute Gasteiger partial charge is 0.180 e. The van der Waals surface area contributed by atoms with Gasteiger partial charge in [-0.25, -0.2) is 0 Å². The molecule has 120 valence electrons. The molecule has 0 unspecified atom stereocenters. The molecule has 0 atom stereocenters. The number of aromatic hydroxyl groups is 1. The molecule has 2 rings (SSSR count). The fraction of sp³-hybridized carbons (Fsp3) is 0.529. The molecule has 1 aliphatic heterocycles. The maximum absolute atomic E-state index is 10.7. The van der Waals surface area contributed by atoms with Crippen molar-refractivity contribution in [1.29, 1.82) is 0 Å². The Bertz CT molecular complexity index is 614. The lowest BCUT2D eigenvalue weighted by Crippen LogP contribution is -2.21. The summed E-state index contributed by atoms with van der Waals surface area (Å²) in [6, 6.07) is 4.06. The number of benzene rings is 1. The van der Waals surface area contributed by atoms with Crippen molar-refractivity contribution in [2.45, 2.75) is 52.4 Å². The van der Waals surface area contributed by atoms with Gasteiger partial charge in [-0.3, -0.25) is 0 Å². The molecule has 0 radical (unpaired) electrons. The van der Waals surface area contributed by atoms with Crippen molar-refractivity contribution in [2.75, 3.05) is 5.75 Å². The van der Waals surface area contributed by atoms with Crippen molar-refractivity contribution in [2.24, 2.45) is 15.9 Å². The molecule has 0 aliphatic carbocycles. The molecule has 22 heavy (non-hydrogen) atoms. The first kappa shape index (κ1) is 16.9. The summed E-state index contributed by atoms with van der Waals surface area (Å²) in [6.45, 7) is 12.6. The lowest BCUT2D eigenvalue weighted by molar-refractivity contribution is 0.423. The number of nitrogens with zero attached hydrogens (tertiary/aromatic N) is 2. The fourth-order valence-corrected chi connectivity index (χ4v) is 3.00.